The van der Waals surface area contributed by atoms with Crippen LogP contribution in [0.5, 0.6) is 5.88 Å². The number of fused-ring (bicyclic) bond motifs is 1. The topological polar surface area (TPSA) is 108 Å². The number of nitrogens with one attached hydrogen (secondary N) is 2. The number of hydrogen-bond donors (Lipinski definition) is 2. The SMILES string of the molecule is CNC.COc1nc2[nH]cc(C(=O)C=O)c2cc1C(=O)N1C[C@H](C)N(Cc2ccc(F)cc2)CC1C. The van der Waals surface area contributed by atoms with E-state index in [4.69, 9.17) is 4.74 Å². The molecule has 4 rings (SSSR count). The first-order valence-electron chi connectivity index (χ1n) is 11.7. The zero-order valence-corrected chi connectivity index (χ0v) is 21.2. The Morgan fingerprint density at radius 3 is 2.44 bits per heavy atom. The number of carbonyl (C=O) groups excluding carboxylic acids is 3. The number of carbonyl (C=O) groups is 3. The molecular weight excluding hydrogens is 465 g/mol. The number of amides is 1. The van der Waals surface area contributed by atoms with E-state index in [0.29, 0.717) is 30.7 Å². The fourth-order valence-electron chi connectivity index (χ4n) is 4.29. The van der Waals surface area contributed by atoms with Crippen LogP contribution in [0.25, 0.3) is 11.0 Å². The number of hydrogen-bond acceptors (Lipinski definition) is 7. The maximum Gasteiger partial charge on any atom is 0.259 e. The third kappa shape index (κ3) is 5.77. The smallest absolute Gasteiger partial charge is 0.259 e. The highest BCUT2D eigenvalue weighted by atomic mass is 19.1. The summed E-state index contributed by atoms with van der Waals surface area (Å²) in [4.78, 5) is 47.7. The van der Waals surface area contributed by atoms with Crippen LogP contribution < -0.4 is 10.1 Å². The van der Waals surface area contributed by atoms with Crippen molar-refractivity contribution in [3.8, 4) is 5.88 Å². The first-order chi connectivity index (χ1) is 17.2. The molecule has 1 fully saturated rings. The molecule has 10 heteroatoms. The molecule has 1 amide bonds. The van der Waals surface area contributed by atoms with Gasteiger partial charge in [0.1, 0.15) is 17.0 Å². The fourth-order valence-corrected chi connectivity index (χ4v) is 4.29. The Labute approximate surface area is 209 Å². The van der Waals surface area contributed by atoms with Gasteiger partial charge in [0, 0.05) is 43.3 Å². The molecule has 1 aliphatic rings. The minimum atomic E-state index is -0.692. The van der Waals surface area contributed by atoms with Gasteiger partial charge in [-0.2, -0.15) is 4.98 Å². The van der Waals surface area contributed by atoms with Crippen molar-refractivity contribution in [2.45, 2.75) is 32.5 Å². The quantitative estimate of drug-likeness (QED) is 0.306. The van der Waals surface area contributed by atoms with Crippen LogP contribution in [0, 0.1) is 5.82 Å². The number of ether oxygens (including phenoxy) is 1. The first-order valence-corrected chi connectivity index (χ1v) is 11.7. The summed E-state index contributed by atoms with van der Waals surface area (Å²) < 4.78 is 18.6. The van der Waals surface area contributed by atoms with Crippen LogP contribution in [0.1, 0.15) is 40.1 Å². The molecule has 1 unspecified atom stereocenters. The van der Waals surface area contributed by atoms with Gasteiger partial charge in [-0.05, 0) is 51.7 Å². The summed E-state index contributed by atoms with van der Waals surface area (Å²) in [5.74, 6) is -1.07. The number of ketones is 1. The van der Waals surface area contributed by atoms with Crippen molar-refractivity contribution in [1.29, 1.82) is 0 Å². The number of methoxy groups -OCH3 is 1. The van der Waals surface area contributed by atoms with Crippen molar-refractivity contribution < 1.29 is 23.5 Å². The molecule has 0 bridgehead atoms. The number of rotatable bonds is 6. The van der Waals surface area contributed by atoms with E-state index in [1.165, 1.54) is 25.4 Å². The van der Waals surface area contributed by atoms with Crippen molar-refractivity contribution in [3.05, 3.63) is 59.0 Å². The maximum atomic E-state index is 13.5. The molecular formula is C26H32FN5O4. The molecule has 192 valence electrons. The Hall–Kier alpha value is -3.63. The lowest BCUT2D eigenvalue weighted by Crippen LogP contribution is -2.57. The predicted octanol–water partition coefficient (Wildman–Crippen LogP) is 2.66. The van der Waals surface area contributed by atoms with Crippen LogP contribution in [0.2, 0.25) is 0 Å². The van der Waals surface area contributed by atoms with E-state index in [-0.39, 0.29) is 47.1 Å². The lowest BCUT2D eigenvalue weighted by atomic mass is 10.0. The molecule has 2 N–H and O–H groups in total. The van der Waals surface area contributed by atoms with Gasteiger partial charge in [-0.3, -0.25) is 19.3 Å². The highest BCUT2D eigenvalue weighted by molar-refractivity contribution is 6.36. The third-order valence-corrected chi connectivity index (χ3v) is 6.10. The van der Waals surface area contributed by atoms with Gasteiger partial charge in [0.05, 0.1) is 12.7 Å². The van der Waals surface area contributed by atoms with E-state index in [0.717, 1.165) is 5.56 Å². The molecule has 0 saturated carbocycles. The Kier molecular flexibility index (Phi) is 8.89. The van der Waals surface area contributed by atoms with Gasteiger partial charge in [0.25, 0.3) is 5.91 Å². The first kappa shape index (κ1) is 27.0. The summed E-state index contributed by atoms with van der Waals surface area (Å²) in [5, 5.41) is 3.15. The van der Waals surface area contributed by atoms with E-state index in [2.05, 4.69) is 20.2 Å². The number of piperazine rings is 1. The second-order valence-corrected chi connectivity index (χ2v) is 8.84. The molecule has 3 aromatic rings. The third-order valence-electron chi connectivity index (χ3n) is 6.10. The van der Waals surface area contributed by atoms with Gasteiger partial charge < -0.3 is 19.9 Å². The van der Waals surface area contributed by atoms with Crippen molar-refractivity contribution in [3.63, 3.8) is 0 Å². The highest BCUT2D eigenvalue weighted by Crippen LogP contribution is 2.28. The van der Waals surface area contributed by atoms with Crippen LogP contribution in [0.4, 0.5) is 4.39 Å². The summed E-state index contributed by atoms with van der Waals surface area (Å²) in [6, 6.07) is 7.95. The minimum Gasteiger partial charge on any atom is -0.480 e. The van der Waals surface area contributed by atoms with Gasteiger partial charge in [-0.15, -0.1) is 0 Å². The number of aromatic nitrogens is 2. The normalized spacial score (nSPS) is 17.9. The van der Waals surface area contributed by atoms with Crippen LogP contribution in [0.3, 0.4) is 0 Å². The number of aldehydes is 1. The lowest BCUT2D eigenvalue weighted by molar-refractivity contribution is -0.104. The average Bonchev–Trinajstić information content (AvgIpc) is 3.29. The number of Topliss-reactive ketones (excluding diaryl/α,β-unsaturated/α-hetero) is 1. The van der Waals surface area contributed by atoms with Crippen LogP contribution in [-0.2, 0) is 11.3 Å². The summed E-state index contributed by atoms with van der Waals surface area (Å²) in [6.07, 6.45) is 1.64. The molecule has 3 heterocycles. The molecule has 2 atom stereocenters. The molecule has 0 aliphatic carbocycles. The van der Waals surface area contributed by atoms with E-state index in [9.17, 15) is 18.8 Å². The molecule has 0 radical (unpaired) electrons. The number of nitrogens with zero attached hydrogens (tertiary/aromatic N) is 3. The van der Waals surface area contributed by atoms with Gasteiger partial charge in [-0.1, -0.05) is 12.1 Å². The summed E-state index contributed by atoms with van der Waals surface area (Å²) in [7, 11) is 5.18. The van der Waals surface area contributed by atoms with E-state index in [1.807, 2.05) is 27.9 Å². The monoisotopic (exact) mass is 497 g/mol. The van der Waals surface area contributed by atoms with Crippen molar-refractivity contribution >= 4 is 29.0 Å². The predicted molar refractivity (Wildman–Crippen MR) is 135 cm³/mol. The van der Waals surface area contributed by atoms with Gasteiger partial charge in [0.15, 0.2) is 6.29 Å². The Morgan fingerprint density at radius 2 is 1.83 bits per heavy atom. The van der Waals surface area contributed by atoms with Gasteiger partial charge in [0.2, 0.25) is 11.7 Å². The summed E-state index contributed by atoms with van der Waals surface area (Å²) in [5.41, 5.74) is 1.76. The summed E-state index contributed by atoms with van der Waals surface area (Å²) >= 11 is 0. The molecule has 9 nitrogen and oxygen atoms in total. The number of benzene rings is 1. The second-order valence-electron chi connectivity index (χ2n) is 8.84. The Bertz CT molecular complexity index is 1230. The Morgan fingerprint density at radius 1 is 1.17 bits per heavy atom. The van der Waals surface area contributed by atoms with Crippen LogP contribution in [0.15, 0.2) is 36.5 Å². The second kappa shape index (κ2) is 11.9. The van der Waals surface area contributed by atoms with Gasteiger partial charge in [-0.25, -0.2) is 4.39 Å². The van der Waals surface area contributed by atoms with Crippen LogP contribution in [-0.4, -0.2) is 84.1 Å². The molecule has 2 aromatic heterocycles. The molecule has 1 aromatic carbocycles. The van der Waals surface area contributed by atoms with E-state index >= 15 is 0 Å². The lowest BCUT2D eigenvalue weighted by Gasteiger charge is -2.44. The minimum absolute atomic E-state index is 0.0670. The fraction of sp³-hybridized carbons (Fsp3) is 0.385. The van der Waals surface area contributed by atoms with Crippen LogP contribution >= 0.6 is 0 Å². The maximum absolute atomic E-state index is 13.5. The highest BCUT2D eigenvalue weighted by Gasteiger charge is 2.34. The molecule has 1 aliphatic heterocycles. The van der Waals surface area contributed by atoms with Gasteiger partial charge >= 0.3 is 0 Å². The molecule has 1 saturated heterocycles. The number of halogens is 1. The number of H-pyrrole nitrogens is 1. The van der Waals surface area contributed by atoms with Crippen molar-refractivity contribution in [1.82, 2.24) is 25.1 Å². The largest absolute Gasteiger partial charge is 0.480 e. The average molecular weight is 498 g/mol. The zero-order chi connectivity index (χ0) is 26.4. The Balaban J connectivity index is 0.00000115. The number of pyridine rings is 1. The number of aromatic amines is 1. The van der Waals surface area contributed by atoms with E-state index < -0.39 is 5.78 Å². The molecule has 0 spiro atoms. The summed E-state index contributed by atoms with van der Waals surface area (Å²) in [6.45, 7) is 5.79. The standard InChI is InChI=1S/C24H25FN4O4.C2H7N/c1-14-11-29(15(2)10-28(14)12-16-4-6-17(25)7-5-16)24(32)19-8-18-20(21(31)13-30)9-26-22(18)27-23(19)33-3;1-3-2/h4-9,13-15H,10-12H2,1-3H3,(H,26,27);3H,1-2H3/t14-,15?;/m0./s1. The van der Waals surface area contributed by atoms with Crippen molar-refractivity contribution in [2.75, 3.05) is 34.3 Å². The van der Waals surface area contributed by atoms with Crippen molar-refractivity contribution in [2.24, 2.45) is 0 Å². The van der Waals surface area contributed by atoms with E-state index in [1.54, 1.807) is 23.1 Å². The zero-order valence-electron chi connectivity index (χ0n) is 21.2. The molecule has 36 heavy (non-hydrogen) atoms.